The largest absolute Gasteiger partial charge is 0.497 e. The smallest absolute Gasteiger partial charge is 0.223 e. The molecule has 1 aromatic heterocycles. The van der Waals surface area contributed by atoms with Gasteiger partial charge in [-0.05, 0) is 55.5 Å². The highest BCUT2D eigenvalue weighted by Gasteiger charge is 2.09. The Labute approximate surface area is 181 Å². The molecule has 0 radical (unpaired) electrons. The van der Waals surface area contributed by atoms with Crippen LogP contribution in [0.1, 0.15) is 5.69 Å². The van der Waals surface area contributed by atoms with Crippen LogP contribution in [0.15, 0.2) is 65.6 Å². The van der Waals surface area contributed by atoms with Gasteiger partial charge in [-0.2, -0.15) is 0 Å². The number of rotatable bonds is 11. The van der Waals surface area contributed by atoms with Crippen LogP contribution in [-0.2, 0) is 6.54 Å². The lowest BCUT2D eigenvalue weighted by Gasteiger charge is -2.15. The maximum absolute atomic E-state index is 12.2. The van der Waals surface area contributed by atoms with Crippen molar-refractivity contribution < 1.29 is 23.7 Å². The second kappa shape index (κ2) is 11.0. The molecule has 0 fully saturated rings. The maximum atomic E-state index is 12.2. The van der Waals surface area contributed by atoms with Crippen molar-refractivity contribution >= 4 is 0 Å². The van der Waals surface area contributed by atoms with Crippen LogP contribution in [0.2, 0.25) is 0 Å². The lowest BCUT2D eigenvalue weighted by Crippen LogP contribution is -2.19. The van der Waals surface area contributed by atoms with E-state index in [1.54, 1.807) is 20.4 Å². The van der Waals surface area contributed by atoms with Crippen LogP contribution in [0, 0.1) is 6.92 Å². The highest BCUT2D eigenvalue weighted by molar-refractivity contribution is 5.32. The molecule has 7 nitrogen and oxygen atoms in total. The van der Waals surface area contributed by atoms with Gasteiger partial charge in [-0.3, -0.25) is 4.79 Å². The molecule has 0 aliphatic carbocycles. The summed E-state index contributed by atoms with van der Waals surface area (Å²) in [6.07, 6.45) is 1.75. The Morgan fingerprint density at radius 1 is 0.677 bits per heavy atom. The van der Waals surface area contributed by atoms with Crippen molar-refractivity contribution in [1.29, 1.82) is 0 Å². The van der Waals surface area contributed by atoms with Gasteiger partial charge in [-0.1, -0.05) is 0 Å². The minimum absolute atomic E-state index is 0.158. The second-order valence-corrected chi connectivity index (χ2v) is 6.68. The van der Waals surface area contributed by atoms with Gasteiger partial charge in [-0.25, -0.2) is 0 Å². The predicted octanol–water partition coefficient (Wildman–Crippen LogP) is 3.71. The Kier molecular flexibility index (Phi) is 7.81. The molecule has 0 aliphatic heterocycles. The lowest BCUT2D eigenvalue weighted by molar-refractivity contribution is 0.213. The zero-order chi connectivity index (χ0) is 22.1. The standard InChI is InChI=1S/C24H27NO6/c1-18-24(31-17-16-30-22-10-6-20(28-3)7-11-22)23(26)12-13-25(18)14-15-29-21-8-4-19(27-2)5-9-21/h4-13H,14-17H2,1-3H3. The van der Waals surface area contributed by atoms with Gasteiger partial charge < -0.3 is 28.3 Å². The molecule has 0 bridgehead atoms. The van der Waals surface area contributed by atoms with Gasteiger partial charge in [0, 0.05) is 12.3 Å². The SMILES string of the molecule is COc1ccc(OCCOc2c(C)n(CCOc3ccc(OC)cc3)ccc2=O)cc1. The number of hydrogen-bond donors (Lipinski definition) is 0. The zero-order valence-electron chi connectivity index (χ0n) is 18.0. The summed E-state index contributed by atoms with van der Waals surface area (Å²) in [4.78, 5) is 12.2. The third kappa shape index (κ3) is 6.18. The number of aromatic nitrogens is 1. The number of benzene rings is 2. The monoisotopic (exact) mass is 425 g/mol. The van der Waals surface area contributed by atoms with E-state index in [0.717, 1.165) is 22.9 Å². The topological polar surface area (TPSA) is 68.2 Å². The fraction of sp³-hybridized carbons (Fsp3) is 0.292. The van der Waals surface area contributed by atoms with Crippen molar-refractivity contribution in [3.63, 3.8) is 0 Å². The van der Waals surface area contributed by atoms with Gasteiger partial charge in [0.05, 0.1) is 26.5 Å². The van der Waals surface area contributed by atoms with Gasteiger partial charge in [0.15, 0.2) is 5.75 Å². The number of pyridine rings is 1. The maximum Gasteiger partial charge on any atom is 0.223 e. The quantitative estimate of drug-likeness (QED) is 0.436. The molecule has 0 aliphatic rings. The molecule has 0 amide bonds. The van der Waals surface area contributed by atoms with Gasteiger partial charge in [0.1, 0.15) is 42.8 Å². The summed E-state index contributed by atoms with van der Waals surface area (Å²) in [6.45, 7) is 3.47. The molecular weight excluding hydrogens is 398 g/mol. The first-order valence-corrected chi connectivity index (χ1v) is 9.97. The van der Waals surface area contributed by atoms with Crippen molar-refractivity contribution in [1.82, 2.24) is 4.57 Å². The summed E-state index contributed by atoms with van der Waals surface area (Å²) in [5, 5.41) is 0. The van der Waals surface area contributed by atoms with Gasteiger partial charge in [0.2, 0.25) is 5.43 Å². The van der Waals surface area contributed by atoms with Crippen LogP contribution in [-0.4, -0.2) is 38.6 Å². The third-order valence-corrected chi connectivity index (χ3v) is 4.71. The molecule has 0 atom stereocenters. The molecule has 0 spiro atoms. The Hall–Kier alpha value is -3.61. The summed E-state index contributed by atoms with van der Waals surface area (Å²) in [6, 6.07) is 16.2. The second-order valence-electron chi connectivity index (χ2n) is 6.68. The molecule has 3 rings (SSSR count). The summed E-state index contributed by atoms with van der Waals surface area (Å²) in [7, 11) is 3.24. The van der Waals surface area contributed by atoms with Crippen LogP contribution < -0.4 is 29.1 Å². The Bertz CT molecular complexity index is 1010. The van der Waals surface area contributed by atoms with E-state index in [0.29, 0.717) is 31.3 Å². The van der Waals surface area contributed by atoms with E-state index in [9.17, 15) is 4.79 Å². The Morgan fingerprint density at radius 2 is 1.16 bits per heavy atom. The van der Waals surface area contributed by atoms with Gasteiger partial charge in [0.25, 0.3) is 0 Å². The molecule has 0 N–H and O–H groups in total. The van der Waals surface area contributed by atoms with E-state index in [-0.39, 0.29) is 12.0 Å². The highest BCUT2D eigenvalue weighted by atomic mass is 16.5. The van der Waals surface area contributed by atoms with Crippen LogP contribution >= 0.6 is 0 Å². The van der Waals surface area contributed by atoms with Crippen molar-refractivity contribution in [2.75, 3.05) is 34.0 Å². The van der Waals surface area contributed by atoms with E-state index in [1.807, 2.05) is 60.0 Å². The van der Waals surface area contributed by atoms with E-state index in [1.165, 1.54) is 6.07 Å². The summed E-state index contributed by atoms with van der Waals surface area (Å²) < 4.78 is 29.3. The number of hydrogen-bond acceptors (Lipinski definition) is 6. The minimum Gasteiger partial charge on any atom is -0.497 e. The fourth-order valence-electron chi connectivity index (χ4n) is 2.98. The fourth-order valence-corrected chi connectivity index (χ4v) is 2.98. The molecule has 0 unspecified atom stereocenters. The van der Waals surface area contributed by atoms with Crippen LogP contribution in [0.25, 0.3) is 0 Å². The van der Waals surface area contributed by atoms with Crippen LogP contribution in [0.4, 0.5) is 0 Å². The van der Waals surface area contributed by atoms with Crippen LogP contribution in [0.5, 0.6) is 28.7 Å². The normalized spacial score (nSPS) is 10.4. The molecule has 31 heavy (non-hydrogen) atoms. The van der Waals surface area contributed by atoms with Gasteiger partial charge in [-0.15, -0.1) is 0 Å². The average Bonchev–Trinajstić information content (AvgIpc) is 2.80. The minimum atomic E-state index is -0.158. The molecule has 0 saturated carbocycles. The molecule has 164 valence electrons. The zero-order valence-corrected chi connectivity index (χ0v) is 18.0. The first-order chi connectivity index (χ1) is 15.1. The molecule has 1 heterocycles. The molecule has 7 heteroatoms. The Balaban J connectivity index is 1.51. The van der Waals surface area contributed by atoms with Crippen molar-refractivity contribution in [2.24, 2.45) is 0 Å². The van der Waals surface area contributed by atoms with E-state index >= 15 is 0 Å². The highest BCUT2D eigenvalue weighted by Crippen LogP contribution is 2.18. The van der Waals surface area contributed by atoms with Crippen molar-refractivity contribution in [2.45, 2.75) is 13.5 Å². The molecule has 2 aromatic carbocycles. The third-order valence-electron chi connectivity index (χ3n) is 4.71. The number of ether oxygens (including phenoxy) is 5. The average molecular weight is 425 g/mol. The predicted molar refractivity (Wildman–Crippen MR) is 118 cm³/mol. The number of nitrogens with zero attached hydrogens (tertiary/aromatic N) is 1. The lowest BCUT2D eigenvalue weighted by atomic mass is 10.3. The first-order valence-electron chi connectivity index (χ1n) is 9.97. The van der Waals surface area contributed by atoms with Gasteiger partial charge >= 0.3 is 0 Å². The van der Waals surface area contributed by atoms with Crippen LogP contribution in [0.3, 0.4) is 0 Å². The summed E-state index contributed by atoms with van der Waals surface area (Å²) >= 11 is 0. The van der Waals surface area contributed by atoms with Crippen molar-refractivity contribution in [3.05, 3.63) is 76.7 Å². The van der Waals surface area contributed by atoms with E-state index < -0.39 is 0 Å². The first kappa shape index (κ1) is 22.1. The summed E-state index contributed by atoms with van der Waals surface area (Å²) in [5.74, 6) is 3.33. The van der Waals surface area contributed by atoms with E-state index in [4.69, 9.17) is 23.7 Å². The molecular formula is C24H27NO6. The van der Waals surface area contributed by atoms with E-state index in [2.05, 4.69) is 0 Å². The molecule has 0 saturated heterocycles. The summed E-state index contributed by atoms with van der Waals surface area (Å²) in [5.41, 5.74) is 0.588. The number of methoxy groups -OCH3 is 2. The Morgan fingerprint density at radius 3 is 1.71 bits per heavy atom. The van der Waals surface area contributed by atoms with Crippen molar-refractivity contribution in [3.8, 4) is 28.7 Å². The molecule has 3 aromatic rings.